The highest BCUT2D eigenvalue weighted by atomic mass is 32.2. The van der Waals surface area contributed by atoms with Crippen LogP contribution in [-0.4, -0.2) is 54.7 Å². The van der Waals surface area contributed by atoms with Crippen molar-refractivity contribution in [2.45, 2.75) is 31.7 Å². The maximum absolute atomic E-state index is 14.8. The molecule has 0 spiro atoms. The first-order chi connectivity index (χ1) is 17.2. The molecule has 1 aromatic carbocycles. The summed E-state index contributed by atoms with van der Waals surface area (Å²) in [7, 11) is -0.206. The number of aryl methyl sites for hydroxylation is 1. The third-order valence-electron chi connectivity index (χ3n) is 6.76. The van der Waals surface area contributed by atoms with Crippen LogP contribution in [0.25, 0.3) is 16.9 Å². The van der Waals surface area contributed by atoms with Crippen LogP contribution in [-0.2, 0) is 22.7 Å². The van der Waals surface area contributed by atoms with E-state index in [1.807, 2.05) is 0 Å². The number of fused-ring (bicyclic) bond motifs is 1. The van der Waals surface area contributed by atoms with E-state index in [0.29, 0.717) is 34.5 Å². The van der Waals surface area contributed by atoms with E-state index >= 15 is 0 Å². The van der Waals surface area contributed by atoms with E-state index in [2.05, 4.69) is 48.7 Å². The molecule has 0 radical (unpaired) electrons. The van der Waals surface area contributed by atoms with Crippen LogP contribution in [0.1, 0.15) is 35.4 Å². The van der Waals surface area contributed by atoms with Crippen molar-refractivity contribution in [2.75, 3.05) is 31.4 Å². The van der Waals surface area contributed by atoms with Crippen LogP contribution in [0.4, 0.5) is 21.8 Å². The van der Waals surface area contributed by atoms with Crippen molar-refractivity contribution in [3.63, 3.8) is 0 Å². The minimum absolute atomic E-state index is 0.296. The zero-order valence-electron chi connectivity index (χ0n) is 20.5. The summed E-state index contributed by atoms with van der Waals surface area (Å²) in [6.07, 6.45) is 9.45. The van der Waals surface area contributed by atoms with Gasteiger partial charge < -0.3 is 10.2 Å². The summed E-state index contributed by atoms with van der Waals surface area (Å²) in [6, 6.07) is 9.56. The molecule has 1 N–H and O–H groups in total. The van der Waals surface area contributed by atoms with E-state index < -0.39 is 15.5 Å². The zero-order valence-corrected chi connectivity index (χ0v) is 21.3. The Kier molecular flexibility index (Phi) is 5.53. The Morgan fingerprint density at radius 1 is 1.19 bits per heavy atom. The van der Waals surface area contributed by atoms with Gasteiger partial charge in [-0.3, -0.25) is 4.57 Å². The molecule has 1 aliphatic carbocycles. The van der Waals surface area contributed by atoms with Crippen molar-refractivity contribution in [3.05, 3.63) is 65.2 Å². The molecule has 4 heterocycles. The number of rotatable bonds is 4. The average molecular weight is 506 g/mol. The fourth-order valence-electron chi connectivity index (χ4n) is 5.47. The van der Waals surface area contributed by atoms with Crippen LogP contribution in [0.3, 0.4) is 0 Å². The third-order valence-corrected chi connectivity index (χ3v) is 7.39. The Bertz CT molecular complexity index is 1610. The van der Waals surface area contributed by atoms with E-state index in [1.54, 1.807) is 35.3 Å². The molecule has 0 saturated carbocycles. The van der Waals surface area contributed by atoms with Gasteiger partial charge in [-0.15, -0.1) is 0 Å². The molecule has 3 aromatic heterocycles. The lowest BCUT2D eigenvalue weighted by molar-refractivity contribution is 0.266. The van der Waals surface area contributed by atoms with Gasteiger partial charge in [-0.05, 0) is 73.2 Å². The van der Waals surface area contributed by atoms with E-state index in [4.69, 9.17) is 0 Å². The van der Waals surface area contributed by atoms with Gasteiger partial charge in [0.2, 0.25) is 5.95 Å². The predicted molar refractivity (Wildman–Crippen MR) is 140 cm³/mol. The Hall–Kier alpha value is -3.37. The second-order valence-corrected chi connectivity index (χ2v) is 12.6. The molecule has 8 nitrogen and oxygen atoms in total. The van der Waals surface area contributed by atoms with Gasteiger partial charge in [0.05, 0.1) is 5.39 Å². The summed E-state index contributed by atoms with van der Waals surface area (Å²) < 4.78 is 32.6. The first kappa shape index (κ1) is 23.1. The van der Waals surface area contributed by atoms with Crippen molar-refractivity contribution in [3.8, 4) is 5.82 Å². The van der Waals surface area contributed by atoms with Crippen molar-refractivity contribution in [1.29, 1.82) is 0 Å². The van der Waals surface area contributed by atoms with Gasteiger partial charge in [-0.2, -0.15) is 9.35 Å². The van der Waals surface area contributed by atoms with Gasteiger partial charge in [0, 0.05) is 53.4 Å². The molecule has 0 fully saturated rings. The lowest BCUT2D eigenvalue weighted by atomic mass is 9.77. The molecule has 4 aromatic rings. The maximum Gasteiger partial charge on any atom is 0.229 e. The van der Waals surface area contributed by atoms with Crippen LogP contribution in [0.5, 0.6) is 0 Å². The Morgan fingerprint density at radius 3 is 2.86 bits per heavy atom. The number of anilines is 2. The second kappa shape index (κ2) is 8.63. The fraction of sp³-hybridized carbons (Fsp3) is 0.346. The minimum Gasteiger partial charge on any atom is -0.324 e. The number of pyridine rings is 1. The highest BCUT2D eigenvalue weighted by Crippen LogP contribution is 2.40. The molecule has 0 amide bonds. The summed E-state index contributed by atoms with van der Waals surface area (Å²) in [5, 5.41) is 3.65. The number of nitrogens with one attached hydrogen (secondary N) is 1. The van der Waals surface area contributed by atoms with Crippen LogP contribution in [0.15, 0.2) is 47.1 Å². The molecule has 2 aliphatic rings. The molecule has 36 heavy (non-hydrogen) atoms. The highest BCUT2D eigenvalue weighted by molar-refractivity contribution is 7.92. The number of hydrogen-bond donors (Lipinski definition) is 1. The summed E-state index contributed by atoms with van der Waals surface area (Å²) in [5.41, 5.74) is 5.62. The van der Waals surface area contributed by atoms with Crippen molar-refractivity contribution in [2.24, 2.45) is 4.36 Å². The number of likely N-dealkylation sites (N-methyl/N-ethyl adjacent to an activating group) is 1. The summed E-state index contributed by atoms with van der Waals surface area (Å²) in [5.74, 6) is 1.31. The monoisotopic (exact) mass is 505 g/mol. The minimum atomic E-state index is -2.38. The van der Waals surface area contributed by atoms with Crippen LogP contribution in [0, 0.1) is 5.82 Å². The van der Waals surface area contributed by atoms with Crippen molar-refractivity contribution >= 4 is 38.2 Å². The Labute approximate surface area is 209 Å². The van der Waals surface area contributed by atoms with E-state index in [-0.39, 0.29) is 0 Å². The molecule has 10 heteroatoms. The topological polar surface area (TPSA) is 88.3 Å². The zero-order chi connectivity index (χ0) is 25.0. The van der Waals surface area contributed by atoms with Crippen LogP contribution in [0.2, 0.25) is 0 Å². The van der Waals surface area contributed by atoms with Gasteiger partial charge in [0.15, 0.2) is 17.3 Å². The van der Waals surface area contributed by atoms with Crippen LogP contribution >= 0.6 is 0 Å². The normalized spacial score (nSPS) is 17.7. The summed E-state index contributed by atoms with van der Waals surface area (Å²) >= 11 is 0. The van der Waals surface area contributed by atoms with Gasteiger partial charge in [-0.25, -0.2) is 18.6 Å². The molecule has 1 atom stereocenters. The molecule has 0 bridgehead atoms. The van der Waals surface area contributed by atoms with Gasteiger partial charge in [0.25, 0.3) is 0 Å². The lowest BCUT2D eigenvalue weighted by Gasteiger charge is -2.37. The van der Waals surface area contributed by atoms with Gasteiger partial charge >= 0.3 is 0 Å². The summed E-state index contributed by atoms with van der Waals surface area (Å²) in [4.78, 5) is 15.9. The fourth-order valence-corrected chi connectivity index (χ4v) is 6.02. The molecule has 1 aliphatic heterocycles. The lowest BCUT2D eigenvalue weighted by Crippen LogP contribution is -2.33. The number of halogens is 1. The molecule has 186 valence electrons. The van der Waals surface area contributed by atoms with Gasteiger partial charge in [-0.1, -0.05) is 6.07 Å². The number of benzene rings is 1. The third kappa shape index (κ3) is 4.35. The van der Waals surface area contributed by atoms with Crippen LogP contribution < -0.4 is 5.32 Å². The maximum atomic E-state index is 14.8. The van der Waals surface area contributed by atoms with Crippen molar-refractivity contribution < 1.29 is 8.60 Å². The quantitative estimate of drug-likeness (QED) is 0.423. The molecule has 6 rings (SSSR count). The number of nitrogens with zero attached hydrogens (tertiary/aromatic N) is 6. The van der Waals surface area contributed by atoms with Crippen molar-refractivity contribution in [1.82, 2.24) is 24.4 Å². The Morgan fingerprint density at radius 2 is 2.03 bits per heavy atom. The summed E-state index contributed by atoms with van der Waals surface area (Å²) in [6.45, 7) is 2.04. The average Bonchev–Trinajstić information content (AvgIpc) is 3.14. The molecule has 0 saturated heterocycles. The van der Waals surface area contributed by atoms with E-state index in [9.17, 15) is 8.60 Å². The Balaban J connectivity index is 1.39. The molecule has 0 unspecified atom stereocenters. The predicted octanol–water partition coefficient (Wildman–Crippen LogP) is 4.92. The SMILES string of the molecule is CN1Cc2cc(Nc3ncc4c(F)cn(-c5cccc(N=S(C)(C)=O)n5)c4n3)cc3c2[C@H](CCC3)C1. The van der Waals surface area contributed by atoms with Gasteiger partial charge in [0.1, 0.15) is 5.82 Å². The number of hydrogen-bond acceptors (Lipinski definition) is 7. The first-order valence-electron chi connectivity index (χ1n) is 12.0. The first-order valence-corrected chi connectivity index (χ1v) is 14.4. The highest BCUT2D eigenvalue weighted by Gasteiger charge is 2.29. The number of aromatic nitrogens is 4. The molecular weight excluding hydrogens is 477 g/mol. The van der Waals surface area contributed by atoms with E-state index in [0.717, 1.165) is 25.2 Å². The van der Waals surface area contributed by atoms with E-state index in [1.165, 1.54) is 41.9 Å². The largest absolute Gasteiger partial charge is 0.324 e. The smallest absolute Gasteiger partial charge is 0.229 e. The second-order valence-electron chi connectivity index (χ2n) is 10.0. The standard InChI is InChI=1S/C26H28FN7OS/c1-33-13-17-7-4-6-16-10-19(11-18(14-33)24(16)17)29-26-28-12-20-21(27)15-34(25(20)31-26)23-9-5-8-22(30-23)32-36(2,3)35/h5,8-12,15,17H,4,6-7,13-14H2,1-3H3,(H,28,29,31)/t17-/m1/s1. The molecular formula is C26H28FN7OS.